The number of unbranched alkanes of at least 4 members (excludes halogenated alkanes) is 2. The van der Waals surface area contributed by atoms with Crippen LogP contribution < -0.4 is 0 Å². The van der Waals surface area contributed by atoms with Crippen molar-refractivity contribution in [1.29, 1.82) is 0 Å². The second-order valence-electron chi connectivity index (χ2n) is 4.16. The first-order chi connectivity index (χ1) is 8.67. The van der Waals surface area contributed by atoms with Crippen molar-refractivity contribution in [2.24, 2.45) is 0 Å². The van der Waals surface area contributed by atoms with E-state index >= 15 is 0 Å². The van der Waals surface area contributed by atoms with Gasteiger partial charge in [0.15, 0.2) is 0 Å². The number of hydrogen-bond acceptors (Lipinski definition) is 2. The van der Waals surface area contributed by atoms with Crippen LogP contribution in [-0.2, 0) is 9.53 Å². The standard InChI is InChI=1S/C15H19IO2/c1-3-4-5-6-13(11-15(17)18-2)12-7-9-14(16)10-8-12/h7-11H,3-6H2,1-2H3/b13-11+. The summed E-state index contributed by atoms with van der Waals surface area (Å²) in [7, 11) is 1.41. The van der Waals surface area contributed by atoms with E-state index in [1.165, 1.54) is 23.5 Å². The fraction of sp³-hybridized carbons (Fsp3) is 0.400. The number of ether oxygens (including phenoxy) is 1. The van der Waals surface area contributed by atoms with Gasteiger partial charge in [-0.25, -0.2) is 4.79 Å². The molecule has 0 heterocycles. The molecule has 0 spiro atoms. The minimum atomic E-state index is -0.278. The van der Waals surface area contributed by atoms with Gasteiger partial charge in [0, 0.05) is 9.65 Å². The molecule has 0 aliphatic carbocycles. The second kappa shape index (κ2) is 8.29. The zero-order chi connectivity index (χ0) is 13.4. The van der Waals surface area contributed by atoms with Gasteiger partial charge in [-0.2, -0.15) is 0 Å². The molecule has 3 heteroatoms. The molecule has 1 aromatic rings. The summed E-state index contributed by atoms with van der Waals surface area (Å²) in [6.07, 6.45) is 5.99. The predicted octanol–water partition coefficient (Wildman–Crippen LogP) is 4.43. The van der Waals surface area contributed by atoms with Crippen LogP contribution in [0.25, 0.3) is 5.57 Å². The molecule has 18 heavy (non-hydrogen) atoms. The van der Waals surface area contributed by atoms with E-state index in [0.717, 1.165) is 24.0 Å². The van der Waals surface area contributed by atoms with Gasteiger partial charge in [-0.15, -0.1) is 0 Å². The highest BCUT2D eigenvalue weighted by atomic mass is 127. The minimum absolute atomic E-state index is 0.278. The molecule has 0 radical (unpaired) electrons. The highest BCUT2D eigenvalue weighted by Crippen LogP contribution is 2.22. The van der Waals surface area contributed by atoms with Crippen LogP contribution in [0.3, 0.4) is 0 Å². The summed E-state index contributed by atoms with van der Waals surface area (Å²) in [5, 5.41) is 0. The SMILES string of the molecule is CCCCC/C(=C\C(=O)OC)c1ccc(I)cc1. The smallest absolute Gasteiger partial charge is 0.330 e. The van der Waals surface area contributed by atoms with Gasteiger partial charge in [0.25, 0.3) is 0 Å². The van der Waals surface area contributed by atoms with Gasteiger partial charge in [-0.3, -0.25) is 0 Å². The van der Waals surface area contributed by atoms with Crippen molar-refractivity contribution in [1.82, 2.24) is 0 Å². The van der Waals surface area contributed by atoms with Crippen molar-refractivity contribution < 1.29 is 9.53 Å². The maximum Gasteiger partial charge on any atom is 0.330 e. The van der Waals surface area contributed by atoms with Gasteiger partial charge >= 0.3 is 5.97 Å². The van der Waals surface area contributed by atoms with Crippen LogP contribution in [0.5, 0.6) is 0 Å². The fourth-order valence-electron chi connectivity index (χ4n) is 1.73. The van der Waals surface area contributed by atoms with E-state index < -0.39 is 0 Å². The number of rotatable bonds is 6. The summed E-state index contributed by atoms with van der Waals surface area (Å²) in [4.78, 5) is 11.4. The first-order valence-corrected chi connectivity index (χ1v) is 7.29. The Morgan fingerprint density at radius 3 is 2.50 bits per heavy atom. The van der Waals surface area contributed by atoms with E-state index in [1.807, 2.05) is 0 Å². The van der Waals surface area contributed by atoms with E-state index in [1.54, 1.807) is 6.08 Å². The van der Waals surface area contributed by atoms with Crippen LogP contribution in [0.1, 0.15) is 38.2 Å². The van der Waals surface area contributed by atoms with E-state index in [9.17, 15) is 4.79 Å². The van der Waals surface area contributed by atoms with Gasteiger partial charge in [0.1, 0.15) is 0 Å². The van der Waals surface area contributed by atoms with E-state index in [-0.39, 0.29) is 5.97 Å². The Kier molecular flexibility index (Phi) is 7.01. The molecule has 2 nitrogen and oxygen atoms in total. The molecule has 0 fully saturated rings. The predicted molar refractivity (Wildman–Crippen MR) is 83.3 cm³/mol. The molecular weight excluding hydrogens is 339 g/mol. The minimum Gasteiger partial charge on any atom is -0.466 e. The normalized spacial score (nSPS) is 11.4. The van der Waals surface area contributed by atoms with Crippen LogP contribution >= 0.6 is 22.6 Å². The largest absolute Gasteiger partial charge is 0.466 e. The molecule has 0 atom stereocenters. The summed E-state index contributed by atoms with van der Waals surface area (Å²) in [6, 6.07) is 8.23. The van der Waals surface area contributed by atoms with Crippen LogP contribution in [0.2, 0.25) is 0 Å². The Labute approximate surface area is 123 Å². The summed E-state index contributed by atoms with van der Waals surface area (Å²) >= 11 is 2.28. The van der Waals surface area contributed by atoms with E-state index in [0.29, 0.717) is 0 Å². The van der Waals surface area contributed by atoms with Crippen molar-refractivity contribution in [2.45, 2.75) is 32.6 Å². The topological polar surface area (TPSA) is 26.3 Å². The highest BCUT2D eigenvalue weighted by molar-refractivity contribution is 14.1. The molecular formula is C15H19IO2. The number of esters is 1. The average molecular weight is 358 g/mol. The lowest BCUT2D eigenvalue weighted by Crippen LogP contribution is -1.97. The number of hydrogen-bond donors (Lipinski definition) is 0. The van der Waals surface area contributed by atoms with Crippen LogP contribution in [0, 0.1) is 3.57 Å². The van der Waals surface area contributed by atoms with Crippen molar-refractivity contribution in [3.05, 3.63) is 39.5 Å². The number of methoxy groups -OCH3 is 1. The molecule has 0 saturated heterocycles. The van der Waals surface area contributed by atoms with Crippen molar-refractivity contribution in [3.63, 3.8) is 0 Å². The molecule has 0 aliphatic rings. The van der Waals surface area contributed by atoms with E-state index in [2.05, 4.69) is 53.8 Å². The van der Waals surface area contributed by atoms with Crippen molar-refractivity contribution in [2.75, 3.05) is 7.11 Å². The Bertz CT molecular complexity index is 407. The molecule has 0 bridgehead atoms. The number of allylic oxidation sites excluding steroid dienone is 1. The Hall–Kier alpha value is -0.840. The molecule has 98 valence electrons. The first-order valence-electron chi connectivity index (χ1n) is 6.21. The van der Waals surface area contributed by atoms with Crippen LogP contribution in [-0.4, -0.2) is 13.1 Å². The maximum absolute atomic E-state index is 11.4. The molecule has 0 amide bonds. The monoisotopic (exact) mass is 358 g/mol. The molecule has 0 aromatic heterocycles. The Morgan fingerprint density at radius 1 is 1.28 bits per heavy atom. The zero-order valence-corrected chi connectivity index (χ0v) is 13.1. The van der Waals surface area contributed by atoms with Crippen molar-refractivity contribution >= 4 is 34.1 Å². The summed E-state index contributed by atoms with van der Waals surface area (Å²) in [5.74, 6) is -0.278. The lowest BCUT2D eigenvalue weighted by Gasteiger charge is -2.07. The highest BCUT2D eigenvalue weighted by Gasteiger charge is 2.05. The van der Waals surface area contributed by atoms with Gasteiger partial charge in [-0.05, 0) is 58.7 Å². The number of halogens is 1. The summed E-state index contributed by atoms with van der Waals surface area (Å²) < 4.78 is 5.91. The quantitative estimate of drug-likeness (QED) is 0.326. The molecule has 0 N–H and O–H groups in total. The third-order valence-electron chi connectivity index (χ3n) is 2.76. The molecule has 0 unspecified atom stereocenters. The molecule has 0 aliphatic heterocycles. The van der Waals surface area contributed by atoms with Crippen molar-refractivity contribution in [3.8, 4) is 0 Å². The van der Waals surface area contributed by atoms with E-state index in [4.69, 9.17) is 4.74 Å². The van der Waals surface area contributed by atoms with Gasteiger partial charge in [0.05, 0.1) is 7.11 Å². The van der Waals surface area contributed by atoms with Gasteiger partial charge in [-0.1, -0.05) is 31.9 Å². The lowest BCUT2D eigenvalue weighted by atomic mass is 9.99. The summed E-state index contributed by atoms with van der Waals surface area (Å²) in [5.41, 5.74) is 2.17. The Balaban J connectivity index is 2.85. The average Bonchev–Trinajstić information content (AvgIpc) is 2.38. The Morgan fingerprint density at radius 2 is 1.94 bits per heavy atom. The molecule has 1 rings (SSSR count). The zero-order valence-electron chi connectivity index (χ0n) is 10.9. The van der Waals surface area contributed by atoms with Crippen LogP contribution in [0.4, 0.5) is 0 Å². The fourth-order valence-corrected chi connectivity index (χ4v) is 2.09. The lowest BCUT2D eigenvalue weighted by molar-refractivity contribution is -0.134. The van der Waals surface area contributed by atoms with Gasteiger partial charge < -0.3 is 4.74 Å². The molecule has 0 saturated carbocycles. The third-order valence-corrected chi connectivity index (χ3v) is 3.48. The summed E-state index contributed by atoms with van der Waals surface area (Å²) in [6.45, 7) is 2.18. The number of benzene rings is 1. The van der Waals surface area contributed by atoms with Crippen LogP contribution in [0.15, 0.2) is 30.3 Å². The number of carbonyl (C=O) groups excluding carboxylic acids is 1. The second-order valence-corrected chi connectivity index (χ2v) is 5.40. The number of carbonyl (C=O) groups is 1. The maximum atomic E-state index is 11.4. The third kappa shape index (κ3) is 5.21. The van der Waals surface area contributed by atoms with Gasteiger partial charge in [0.2, 0.25) is 0 Å². The molecule has 1 aromatic carbocycles. The first kappa shape index (κ1) is 15.2.